The third kappa shape index (κ3) is 5.77. The van der Waals surface area contributed by atoms with Crippen LogP contribution in [-0.2, 0) is 18.6 Å². The zero-order chi connectivity index (χ0) is 25.8. The first-order chi connectivity index (χ1) is 16.5. The van der Waals surface area contributed by atoms with Crippen molar-refractivity contribution in [3.63, 3.8) is 0 Å². The van der Waals surface area contributed by atoms with Crippen molar-refractivity contribution in [1.29, 1.82) is 0 Å². The standard InChI is InChI=1S/C18H20FN6O9P/c1-10(16(28)29)22-35(31,34-11-5-3-2-4-6-11)32-9-18(23-24-20)14(27)13(19)15(33-18)25-8-7-12(26)21-17(25)30/h2-8,10,13-15,27H,9H2,1H3,(H,22,31)(H,28,29)(H,21,26,30)/t10-,13-,14-,15+,18+,35?/m0/s1. The minimum atomic E-state index is -4.57. The van der Waals surface area contributed by atoms with Gasteiger partial charge in [0.2, 0.25) is 5.72 Å². The van der Waals surface area contributed by atoms with E-state index in [1.165, 1.54) is 24.3 Å². The lowest BCUT2D eigenvalue weighted by Gasteiger charge is -2.29. The van der Waals surface area contributed by atoms with E-state index >= 15 is 0 Å². The number of para-hydroxylation sites is 1. The summed E-state index contributed by atoms with van der Waals surface area (Å²) >= 11 is 0. The van der Waals surface area contributed by atoms with Gasteiger partial charge in [0.05, 0.1) is 6.61 Å². The van der Waals surface area contributed by atoms with Gasteiger partial charge in [-0.2, -0.15) is 5.09 Å². The van der Waals surface area contributed by atoms with Gasteiger partial charge in [-0.25, -0.2) is 13.8 Å². The van der Waals surface area contributed by atoms with Gasteiger partial charge < -0.3 is 19.5 Å². The van der Waals surface area contributed by atoms with E-state index in [2.05, 4.69) is 15.1 Å². The Balaban J connectivity index is 1.92. The lowest BCUT2D eigenvalue weighted by Crippen LogP contribution is -2.45. The zero-order valence-corrected chi connectivity index (χ0v) is 18.8. The Morgan fingerprint density at radius 2 is 2.11 bits per heavy atom. The number of alkyl halides is 1. The van der Waals surface area contributed by atoms with Crippen LogP contribution in [0.25, 0.3) is 10.4 Å². The highest BCUT2D eigenvalue weighted by atomic mass is 31.2. The summed E-state index contributed by atoms with van der Waals surface area (Å²) in [5.41, 5.74) is 4.59. The van der Waals surface area contributed by atoms with Gasteiger partial charge in [0.1, 0.15) is 17.9 Å². The van der Waals surface area contributed by atoms with Crippen molar-refractivity contribution in [2.75, 3.05) is 6.61 Å². The molecule has 0 radical (unpaired) electrons. The zero-order valence-electron chi connectivity index (χ0n) is 17.9. The average molecular weight is 514 g/mol. The van der Waals surface area contributed by atoms with Gasteiger partial charge in [-0.1, -0.05) is 23.3 Å². The fraction of sp³-hybridized carbons (Fsp3) is 0.389. The summed E-state index contributed by atoms with van der Waals surface area (Å²) < 4.78 is 44.9. The van der Waals surface area contributed by atoms with Crippen molar-refractivity contribution < 1.29 is 37.7 Å². The molecule has 0 spiro atoms. The molecule has 1 aliphatic rings. The largest absolute Gasteiger partial charge is 0.480 e. The second kappa shape index (κ2) is 10.4. The molecule has 188 valence electrons. The summed E-state index contributed by atoms with van der Waals surface area (Å²) in [4.78, 5) is 39.0. The van der Waals surface area contributed by atoms with Crippen molar-refractivity contribution in [1.82, 2.24) is 14.6 Å². The smallest absolute Gasteiger partial charge is 0.459 e. The van der Waals surface area contributed by atoms with E-state index in [0.717, 1.165) is 19.2 Å². The molecule has 35 heavy (non-hydrogen) atoms. The Bertz CT molecular complexity index is 1280. The van der Waals surface area contributed by atoms with Crippen LogP contribution in [0.5, 0.6) is 5.75 Å². The molecule has 1 fully saturated rings. The Morgan fingerprint density at radius 1 is 1.43 bits per heavy atom. The molecular weight excluding hydrogens is 494 g/mol. The molecule has 1 unspecified atom stereocenters. The van der Waals surface area contributed by atoms with Gasteiger partial charge in [0.25, 0.3) is 5.56 Å². The van der Waals surface area contributed by atoms with Gasteiger partial charge in [-0.05, 0) is 24.6 Å². The third-order valence-corrected chi connectivity index (χ3v) is 6.46. The topological polar surface area (TPSA) is 218 Å². The molecule has 6 atom stereocenters. The number of hydrogen-bond acceptors (Lipinski definition) is 9. The maximum atomic E-state index is 15.0. The van der Waals surface area contributed by atoms with Crippen LogP contribution >= 0.6 is 7.75 Å². The maximum absolute atomic E-state index is 15.0. The summed E-state index contributed by atoms with van der Waals surface area (Å²) in [6.45, 7) is 0.0593. The number of carbonyl (C=O) groups is 1. The number of aromatic nitrogens is 2. The molecule has 1 aromatic carbocycles. The number of nitrogens with one attached hydrogen (secondary N) is 2. The molecule has 0 amide bonds. The number of rotatable bonds is 10. The van der Waals surface area contributed by atoms with Crippen molar-refractivity contribution >= 4 is 13.7 Å². The monoisotopic (exact) mass is 514 g/mol. The van der Waals surface area contributed by atoms with Crippen LogP contribution in [0.1, 0.15) is 13.2 Å². The number of carboxylic acids is 1. The molecule has 2 aromatic rings. The van der Waals surface area contributed by atoms with Crippen LogP contribution < -0.4 is 20.9 Å². The van der Waals surface area contributed by atoms with E-state index in [-0.39, 0.29) is 5.75 Å². The first-order valence-corrected chi connectivity index (χ1v) is 11.4. The number of hydrogen-bond donors (Lipinski definition) is 4. The van der Waals surface area contributed by atoms with Crippen LogP contribution in [0.3, 0.4) is 0 Å². The molecule has 0 bridgehead atoms. The fourth-order valence-electron chi connectivity index (χ4n) is 3.07. The number of azide groups is 1. The average Bonchev–Trinajstić information content (AvgIpc) is 3.04. The van der Waals surface area contributed by atoms with Crippen LogP contribution in [0.2, 0.25) is 0 Å². The predicted octanol–water partition coefficient (Wildman–Crippen LogP) is 1.04. The number of H-pyrrole nitrogens is 1. The van der Waals surface area contributed by atoms with E-state index in [9.17, 15) is 33.6 Å². The van der Waals surface area contributed by atoms with Gasteiger partial charge in [-0.3, -0.25) is 23.7 Å². The number of carboxylic acid groups (broad SMARTS) is 1. The molecular formula is C18H20FN6O9P. The van der Waals surface area contributed by atoms with Crippen LogP contribution in [0.15, 0.2) is 57.3 Å². The van der Waals surface area contributed by atoms with E-state index < -0.39 is 61.8 Å². The first-order valence-electron chi connectivity index (χ1n) is 9.88. The SMILES string of the molecule is C[C@H](NP(=O)(OC[C@@]1(N=[N+]=[N-])O[C@@H](n2ccc(=O)[nH]c2=O)[C@@H](F)[C@@H]1O)Oc1ccccc1)C(=O)O. The molecule has 15 nitrogen and oxygen atoms in total. The van der Waals surface area contributed by atoms with Crippen LogP contribution in [0, 0.1) is 0 Å². The van der Waals surface area contributed by atoms with Crippen LogP contribution in [0.4, 0.5) is 4.39 Å². The second-order valence-electron chi connectivity index (χ2n) is 7.31. The van der Waals surface area contributed by atoms with Gasteiger partial charge >= 0.3 is 19.4 Å². The highest BCUT2D eigenvalue weighted by molar-refractivity contribution is 7.52. The van der Waals surface area contributed by atoms with Crippen molar-refractivity contribution in [2.24, 2.45) is 5.11 Å². The van der Waals surface area contributed by atoms with E-state index in [0.29, 0.717) is 4.57 Å². The Morgan fingerprint density at radius 3 is 2.71 bits per heavy atom. The lowest BCUT2D eigenvalue weighted by molar-refractivity contribution is -0.138. The normalized spacial score (nSPS) is 26.3. The summed E-state index contributed by atoms with van der Waals surface area (Å²) in [5.74, 6) is -1.40. The Kier molecular flexibility index (Phi) is 7.75. The minimum Gasteiger partial charge on any atom is -0.480 e. The second-order valence-corrected chi connectivity index (χ2v) is 9.01. The van der Waals surface area contributed by atoms with Crippen LogP contribution in [-0.4, -0.2) is 56.4 Å². The Labute approximate surface area is 195 Å². The van der Waals surface area contributed by atoms with Crippen molar-refractivity contribution in [3.05, 3.63) is 73.9 Å². The summed E-state index contributed by atoms with van der Waals surface area (Å²) in [6.07, 6.45) is -5.57. The first kappa shape index (κ1) is 26.1. The summed E-state index contributed by atoms with van der Waals surface area (Å²) in [7, 11) is -4.57. The molecule has 4 N–H and O–H groups in total. The van der Waals surface area contributed by atoms with E-state index in [1.54, 1.807) is 6.07 Å². The molecule has 17 heteroatoms. The highest BCUT2D eigenvalue weighted by Crippen LogP contribution is 2.48. The van der Waals surface area contributed by atoms with Crippen molar-refractivity contribution in [3.8, 4) is 5.75 Å². The number of benzene rings is 1. The summed E-state index contributed by atoms with van der Waals surface area (Å²) in [6, 6.07) is 6.93. The summed E-state index contributed by atoms with van der Waals surface area (Å²) in [5, 5.41) is 25.1. The molecule has 2 heterocycles. The third-order valence-electron chi connectivity index (χ3n) is 4.83. The van der Waals surface area contributed by atoms with Crippen molar-refractivity contribution in [2.45, 2.75) is 37.2 Å². The number of ether oxygens (including phenoxy) is 1. The number of aliphatic hydroxyl groups excluding tert-OH is 1. The Hall–Kier alpha value is -3.52. The number of halogens is 1. The molecule has 1 saturated heterocycles. The number of aromatic amines is 1. The highest BCUT2D eigenvalue weighted by Gasteiger charge is 2.57. The molecule has 3 rings (SSSR count). The molecule has 0 saturated carbocycles. The molecule has 0 aliphatic carbocycles. The number of nitrogens with zero attached hydrogens (tertiary/aromatic N) is 4. The van der Waals surface area contributed by atoms with Gasteiger partial charge in [-0.15, -0.1) is 0 Å². The van der Waals surface area contributed by atoms with E-state index in [4.69, 9.17) is 19.3 Å². The molecule has 1 aromatic heterocycles. The van der Waals surface area contributed by atoms with Gasteiger partial charge in [0.15, 0.2) is 12.4 Å². The quantitative estimate of drug-likeness (QED) is 0.153. The molecule has 1 aliphatic heterocycles. The van der Waals surface area contributed by atoms with Gasteiger partial charge in [0, 0.05) is 17.2 Å². The number of aliphatic carboxylic acids is 1. The number of aliphatic hydroxyl groups is 1. The maximum Gasteiger partial charge on any atom is 0.459 e. The lowest BCUT2D eigenvalue weighted by atomic mass is 10.1. The van der Waals surface area contributed by atoms with E-state index in [1.807, 2.05) is 4.98 Å². The predicted molar refractivity (Wildman–Crippen MR) is 115 cm³/mol. The fourth-order valence-corrected chi connectivity index (χ4v) is 4.59. The minimum absolute atomic E-state index is 0.00711.